The average molecular weight is 424 g/mol. The van der Waals surface area contributed by atoms with Gasteiger partial charge < -0.3 is 24.6 Å². The minimum Gasteiger partial charge on any atom is -0.489 e. The number of ether oxygens (including phenoxy) is 2. The zero-order valence-electron chi connectivity index (χ0n) is 15.9. The van der Waals surface area contributed by atoms with Crippen LogP contribution in [0.2, 0.25) is 5.02 Å². The molecule has 4 fully saturated rings. The molecule has 3 amide bonds. The molecule has 1 aromatic rings. The summed E-state index contributed by atoms with van der Waals surface area (Å²) in [5.41, 5.74) is 0.118. The molecule has 3 aliphatic heterocycles. The zero-order valence-corrected chi connectivity index (χ0v) is 16.7. The third-order valence-corrected chi connectivity index (χ3v) is 6.72. The Morgan fingerprint density at radius 3 is 2.86 bits per heavy atom. The van der Waals surface area contributed by atoms with Gasteiger partial charge in [0.05, 0.1) is 17.2 Å². The van der Waals surface area contributed by atoms with Gasteiger partial charge in [0, 0.05) is 31.6 Å². The van der Waals surface area contributed by atoms with Crippen molar-refractivity contribution in [2.75, 3.05) is 32.8 Å². The number of fused-ring (bicyclic) bond motifs is 1. The Balaban J connectivity index is 1.10. The minimum atomic E-state index is -0.385. The number of hydrogen-bond acceptors (Lipinski definition) is 4. The van der Waals surface area contributed by atoms with Gasteiger partial charge in [0.1, 0.15) is 24.3 Å². The van der Waals surface area contributed by atoms with Crippen LogP contribution in [0.15, 0.2) is 18.2 Å². The fraction of sp³-hybridized carbons (Fsp3) is 0.600. The van der Waals surface area contributed by atoms with E-state index in [1.807, 2.05) is 9.80 Å². The molecule has 0 radical (unpaired) electrons. The summed E-state index contributed by atoms with van der Waals surface area (Å²) in [6.45, 7) is 2.68. The van der Waals surface area contributed by atoms with Crippen LogP contribution in [0.3, 0.4) is 0 Å². The molecule has 1 saturated carbocycles. The van der Waals surface area contributed by atoms with E-state index < -0.39 is 0 Å². The van der Waals surface area contributed by atoms with Gasteiger partial charge in [-0.3, -0.25) is 4.79 Å². The lowest BCUT2D eigenvalue weighted by Crippen LogP contribution is -2.69. The van der Waals surface area contributed by atoms with Crippen molar-refractivity contribution in [2.45, 2.75) is 37.5 Å². The summed E-state index contributed by atoms with van der Waals surface area (Å²) in [7, 11) is 0. The monoisotopic (exact) mass is 423 g/mol. The Morgan fingerprint density at radius 2 is 2.10 bits per heavy atom. The molecule has 1 aliphatic carbocycles. The first-order valence-electron chi connectivity index (χ1n) is 9.97. The van der Waals surface area contributed by atoms with Crippen LogP contribution in [0.4, 0.5) is 9.18 Å². The number of halogens is 2. The van der Waals surface area contributed by atoms with E-state index in [0.717, 1.165) is 32.4 Å². The van der Waals surface area contributed by atoms with E-state index in [0.29, 0.717) is 18.8 Å². The predicted molar refractivity (Wildman–Crippen MR) is 102 cm³/mol. The van der Waals surface area contributed by atoms with Crippen molar-refractivity contribution in [3.8, 4) is 5.75 Å². The standard InChI is InChI=1S/C20H23ClFN3O4/c21-14-5-12(22)1-2-16(14)29-13-6-20(7-13)10-25(11-20)19(27)24-4-3-17-15(8-24)23-18(26)9-28-17/h1-2,5,13,15,17H,3-4,6-11H2,(H,23,26). The number of hydrogen-bond donors (Lipinski definition) is 1. The van der Waals surface area contributed by atoms with Crippen molar-refractivity contribution in [3.05, 3.63) is 29.0 Å². The second-order valence-electron chi connectivity index (χ2n) is 8.62. The molecule has 7 nitrogen and oxygen atoms in total. The second-order valence-corrected chi connectivity index (χ2v) is 9.03. The highest BCUT2D eigenvalue weighted by Gasteiger charge is 2.55. The van der Waals surface area contributed by atoms with Gasteiger partial charge in [-0.2, -0.15) is 0 Å². The molecule has 2 unspecified atom stereocenters. The molecule has 29 heavy (non-hydrogen) atoms. The fourth-order valence-corrected chi connectivity index (χ4v) is 5.18. The SMILES string of the molecule is O=C1COC2CCN(C(=O)N3CC4(CC(Oc5ccc(F)cc5Cl)C4)C3)CC2N1. The van der Waals surface area contributed by atoms with E-state index in [4.69, 9.17) is 21.1 Å². The summed E-state index contributed by atoms with van der Waals surface area (Å²) in [5, 5.41) is 3.20. The number of morpholine rings is 1. The highest BCUT2D eigenvalue weighted by molar-refractivity contribution is 6.32. The molecule has 1 N–H and O–H groups in total. The van der Waals surface area contributed by atoms with Gasteiger partial charge in [-0.15, -0.1) is 0 Å². The van der Waals surface area contributed by atoms with Crippen molar-refractivity contribution in [1.82, 2.24) is 15.1 Å². The third-order valence-electron chi connectivity index (χ3n) is 6.43. The molecule has 3 heterocycles. The highest BCUT2D eigenvalue weighted by atomic mass is 35.5. The summed E-state index contributed by atoms with van der Waals surface area (Å²) >= 11 is 6.02. The maximum absolute atomic E-state index is 13.1. The second kappa shape index (κ2) is 7.02. The fourth-order valence-electron chi connectivity index (χ4n) is 4.97. The number of carbonyl (C=O) groups excluding carboxylic acids is 2. The molecule has 1 spiro atoms. The van der Waals surface area contributed by atoms with Crippen molar-refractivity contribution < 1.29 is 23.5 Å². The number of benzene rings is 1. The number of likely N-dealkylation sites (tertiary alicyclic amines) is 2. The molecule has 0 bridgehead atoms. The number of amides is 3. The van der Waals surface area contributed by atoms with Gasteiger partial charge in [-0.25, -0.2) is 9.18 Å². The maximum atomic E-state index is 13.1. The first-order chi connectivity index (χ1) is 13.9. The van der Waals surface area contributed by atoms with E-state index >= 15 is 0 Å². The van der Waals surface area contributed by atoms with Gasteiger partial charge in [-0.05, 0) is 37.5 Å². The summed E-state index contributed by atoms with van der Waals surface area (Å²) < 4.78 is 24.6. The molecular weight excluding hydrogens is 401 g/mol. The molecule has 0 aromatic heterocycles. The number of urea groups is 1. The van der Waals surface area contributed by atoms with Crippen LogP contribution < -0.4 is 10.1 Å². The van der Waals surface area contributed by atoms with Crippen LogP contribution >= 0.6 is 11.6 Å². The Morgan fingerprint density at radius 1 is 1.31 bits per heavy atom. The first-order valence-corrected chi connectivity index (χ1v) is 10.4. The summed E-state index contributed by atoms with van der Waals surface area (Å²) in [4.78, 5) is 28.0. The van der Waals surface area contributed by atoms with Crippen molar-refractivity contribution in [2.24, 2.45) is 5.41 Å². The Labute approximate surface area is 173 Å². The van der Waals surface area contributed by atoms with E-state index in [2.05, 4.69) is 5.32 Å². The quantitative estimate of drug-likeness (QED) is 0.790. The topological polar surface area (TPSA) is 71.1 Å². The molecule has 1 aromatic carbocycles. The highest BCUT2D eigenvalue weighted by Crippen LogP contribution is 2.50. The maximum Gasteiger partial charge on any atom is 0.320 e. The van der Waals surface area contributed by atoms with Crippen molar-refractivity contribution in [3.63, 3.8) is 0 Å². The van der Waals surface area contributed by atoms with Gasteiger partial charge >= 0.3 is 6.03 Å². The lowest BCUT2D eigenvalue weighted by molar-refractivity contribution is -0.140. The third kappa shape index (κ3) is 3.53. The number of carbonyl (C=O) groups is 2. The van der Waals surface area contributed by atoms with Crippen LogP contribution in [0.25, 0.3) is 0 Å². The van der Waals surface area contributed by atoms with Crippen molar-refractivity contribution in [1.29, 1.82) is 0 Å². The Bertz CT molecular complexity index is 839. The normalized spacial score (nSPS) is 28.3. The summed E-state index contributed by atoms with van der Waals surface area (Å²) in [6, 6.07) is 4.04. The minimum absolute atomic E-state index is 0.00214. The van der Waals surface area contributed by atoms with Crippen LogP contribution in [0.5, 0.6) is 5.75 Å². The molecule has 156 valence electrons. The van der Waals surface area contributed by atoms with Crippen LogP contribution in [0, 0.1) is 11.2 Å². The molecule has 3 saturated heterocycles. The average Bonchev–Trinajstić information content (AvgIpc) is 2.63. The molecule has 2 atom stereocenters. The van der Waals surface area contributed by atoms with Gasteiger partial charge in [-0.1, -0.05) is 11.6 Å². The first kappa shape index (κ1) is 18.9. The van der Waals surface area contributed by atoms with Gasteiger partial charge in [0.25, 0.3) is 0 Å². The van der Waals surface area contributed by atoms with Gasteiger partial charge in [0.2, 0.25) is 5.91 Å². The van der Waals surface area contributed by atoms with Crippen LogP contribution in [0.1, 0.15) is 19.3 Å². The van der Waals surface area contributed by atoms with Crippen LogP contribution in [-0.2, 0) is 9.53 Å². The number of nitrogens with one attached hydrogen (secondary N) is 1. The number of nitrogens with zero attached hydrogens (tertiary/aromatic N) is 2. The largest absolute Gasteiger partial charge is 0.489 e. The Hall–Kier alpha value is -2.06. The molecule has 5 rings (SSSR count). The Kier molecular flexibility index (Phi) is 4.58. The zero-order chi connectivity index (χ0) is 20.2. The van der Waals surface area contributed by atoms with Gasteiger partial charge in [0.15, 0.2) is 0 Å². The van der Waals surface area contributed by atoms with E-state index in [-0.39, 0.29) is 53.0 Å². The summed E-state index contributed by atoms with van der Waals surface area (Å²) in [5.74, 6) is -0.00558. The van der Waals surface area contributed by atoms with E-state index in [1.54, 1.807) is 6.07 Å². The van der Waals surface area contributed by atoms with E-state index in [9.17, 15) is 14.0 Å². The lowest BCUT2D eigenvalue weighted by Gasteiger charge is -2.59. The lowest BCUT2D eigenvalue weighted by atomic mass is 9.62. The molecule has 9 heteroatoms. The number of piperidine rings is 1. The summed E-state index contributed by atoms with van der Waals surface area (Å²) in [6.07, 6.45) is 2.50. The van der Waals surface area contributed by atoms with Crippen LogP contribution in [-0.4, -0.2) is 72.8 Å². The smallest absolute Gasteiger partial charge is 0.320 e. The predicted octanol–water partition coefficient (Wildman–Crippen LogP) is 2.03. The van der Waals surface area contributed by atoms with E-state index in [1.165, 1.54) is 12.1 Å². The number of rotatable bonds is 2. The molecule has 4 aliphatic rings. The van der Waals surface area contributed by atoms with Crippen molar-refractivity contribution >= 4 is 23.5 Å². The molecular formula is C20H23ClFN3O4.